The van der Waals surface area contributed by atoms with Crippen molar-refractivity contribution in [3.63, 3.8) is 0 Å². The zero-order valence-corrected chi connectivity index (χ0v) is 18.1. The van der Waals surface area contributed by atoms with E-state index in [9.17, 15) is 13.2 Å². The Bertz CT molecular complexity index is 1150. The van der Waals surface area contributed by atoms with Crippen LogP contribution in [0.15, 0.2) is 57.9 Å². The molecule has 1 amide bonds. The van der Waals surface area contributed by atoms with Crippen molar-refractivity contribution in [2.75, 3.05) is 6.26 Å². The number of amides is 1. The van der Waals surface area contributed by atoms with Crippen LogP contribution in [0.1, 0.15) is 40.5 Å². The number of rotatable bonds is 6. The van der Waals surface area contributed by atoms with Crippen LogP contribution in [0.3, 0.4) is 0 Å². The van der Waals surface area contributed by atoms with Gasteiger partial charge >= 0.3 is 0 Å². The second kappa shape index (κ2) is 7.72. The van der Waals surface area contributed by atoms with Gasteiger partial charge in [0, 0.05) is 23.2 Å². The van der Waals surface area contributed by atoms with Crippen LogP contribution in [-0.2, 0) is 16.4 Å². The van der Waals surface area contributed by atoms with E-state index >= 15 is 0 Å². The second-order valence-electron chi connectivity index (χ2n) is 7.08. The fourth-order valence-corrected chi connectivity index (χ4v) is 3.96. The van der Waals surface area contributed by atoms with Crippen molar-refractivity contribution < 1.29 is 13.2 Å². The average molecular weight is 475 g/mol. The molecule has 1 aromatic heterocycles. The highest BCUT2D eigenvalue weighted by atomic mass is 79.9. The highest BCUT2D eigenvalue weighted by molar-refractivity contribution is 9.10. The molecular formula is C20H19BrN4O3S. The number of nitrogens with zero attached hydrogens (tertiary/aromatic N) is 3. The third-order valence-corrected chi connectivity index (χ3v) is 6.42. The van der Waals surface area contributed by atoms with Gasteiger partial charge in [0.05, 0.1) is 16.3 Å². The number of aromatic nitrogens is 3. The van der Waals surface area contributed by atoms with E-state index in [0.29, 0.717) is 5.69 Å². The molecule has 0 spiro atoms. The molecule has 9 heteroatoms. The zero-order valence-electron chi connectivity index (χ0n) is 15.7. The van der Waals surface area contributed by atoms with E-state index in [1.807, 2.05) is 24.3 Å². The number of nitrogens with one attached hydrogen (secondary N) is 1. The van der Waals surface area contributed by atoms with E-state index in [1.165, 1.54) is 12.1 Å². The first-order valence-corrected chi connectivity index (χ1v) is 11.8. The summed E-state index contributed by atoms with van der Waals surface area (Å²) >= 11 is 3.42. The fourth-order valence-electron chi connectivity index (χ4n) is 3.07. The molecule has 0 saturated heterocycles. The predicted octanol–water partition coefficient (Wildman–Crippen LogP) is 3.24. The van der Waals surface area contributed by atoms with Crippen LogP contribution < -0.4 is 5.32 Å². The van der Waals surface area contributed by atoms with Gasteiger partial charge in [0.2, 0.25) is 0 Å². The largest absolute Gasteiger partial charge is 0.347 e. The summed E-state index contributed by atoms with van der Waals surface area (Å²) in [4.78, 5) is 13.0. The van der Waals surface area contributed by atoms with Gasteiger partial charge in [-0.1, -0.05) is 33.3 Å². The van der Waals surface area contributed by atoms with E-state index < -0.39 is 9.84 Å². The Kier molecular flexibility index (Phi) is 5.26. The second-order valence-corrected chi connectivity index (χ2v) is 10.0. The molecule has 1 N–H and O–H groups in total. The number of sulfone groups is 1. The monoisotopic (exact) mass is 474 g/mol. The normalized spacial score (nSPS) is 14.0. The molecule has 0 radical (unpaired) electrons. The molecular weight excluding hydrogens is 456 g/mol. The Labute approximate surface area is 177 Å². The highest BCUT2D eigenvalue weighted by Gasteiger charge is 2.34. The van der Waals surface area contributed by atoms with Crippen molar-refractivity contribution in [2.24, 2.45) is 0 Å². The summed E-state index contributed by atoms with van der Waals surface area (Å²) in [7, 11) is -3.24. The van der Waals surface area contributed by atoms with Crippen molar-refractivity contribution in [2.45, 2.75) is 30.2 Å². The van der Waals surface area contributed by atoms with Crippen molar-refractivity contribution >= 4 is 31.7 Å². The molecule has 7 nitrogen and oxygen atoms in total. The highest BCUT2D eigenvalue weighted by Crippen LogP contribution is 2.42. The van der Waals surface area contributed by atoms with Crippen LogP contribution in [0.25, 0.3) is 5.69 Å². The molecule has 1 aliphatic carbocycles. The Morgan fingerprint density at radius 1 is 1.14 bits per heavy atom. The van der Waals surface area contributed by atoms with E-state index in [-0.39, 0.29) is 23.3 Å². The third kappa shape index (κ3) is 4.40. The van der Waals surface area contributed by atoms with Crippen LogP contribution in [0.2, 0.25) is 0 Å². The van der Waals surface area contributed by atoms with Crippen molar-refractivity contribution in [1.82, 2.24) is 20.3 Å². The van der Waals surface area contributed by atoms with Crippen molar-refractivity contribution in [3.8, 4) is 5.69 Å². The number of hydrogen-bond donors (Lipinski definition) is 1. The molecule has 4 rings (SSSR count). The van der Waals surface area contributed by atoms with Gasteiger partial charge in [-0.05, 0) is 54.8 Å². The van der Waals surface area contributed by atoms with E-state index in [0.717, 1.165) is 40.5 Å². The molecule has 3 aromatic rings. The molecule has 0 aliphatic heterocycles. The summed E-state index contributed by atoms with van der Waals surface area (Å²) in [6, 6.07) is 14.2. The van der Waals surface area contributed by atoms with Gasteiger partial charge < -0.3 is 5.32 Å². The molecule has 1 fully saturated rings. The molecule has 1 heterocycles. The van der Waals surface area contributed by atoms with E-state index in [1.54, 1.807) is 16.8 Å². The van der Waals surface area contributed by atoms with Gasteiger partial charge in [0.15, 0.2) is 15.5 Å². The zero-order chi connectivity index (χ0) is 20.6. The van der Waals surface area contributed by atoms with Gasteiger partial charge in [-0.15, -0.1) is 5.10 Å². The minimum atomic E-state index is -3.24. The third-order valence-electron chi connectivity index (χ3n) is 4.76. The first-order valence-electron chi connectivity index (χ1n) is 9.11. The van der Waals surface area contributed by atoms with Crippen LogP contribution in [0, 0.1) is 0 Å². The average Bonchev–Trinajstić information content (AvgIpc) is 3.44. The van der Waals surface area contributed by atoms with Crippen LogP contribution >= 0.6 is 15.9 Å². The number of halogens is 1. The molecule has 150 valence electrons. The van der Waals surface area contributed by atoms with E-state index in [4.69, 9.17) is 0 Å². The Morgan fingerprint density at radius 3 is 2.38 bits per heavy atom. The molecule has 0 atom stereocenters. The Morgan fingerprint density at radius 2 is 1.79 bits per heavy atom. The summed E-state index contributed by atoms with van der Waals surface area (Å²) in [5, 5.41) is 11.2. The van der Waals surface area contributed by atoms with Crippen molar-refractivity contribution in [1.29, 1.82) is 0 Å². The maximum atomic E-state index is 12.8. The SMILES string of the molecule is CS(=O)(=O)c1ccc(CNC(=O)c2nnn(-c3ccc(Br)cc3)c2C2CC2)cc1. The molecule has 0 unspecified atom stereocenters. The lowest BCUT2D eigenvalue weighted by Crippen LogP contribution is -2.24. The number of hydrogen-bond acceptors (Lipinski definition) is 5. The van der Waals surface area contributed by atoms with Crippen LogP contribution in [0.5, 0.6) is 0 Å². The standard InChI is InChI=1S/C20H19BrN4O3S/c1-29(27,28)17-10-2-13(3-11-17)12-22-20(26)18-19(14-4-5-14)25(24-23-18)16-8-6-15(21)7-9-16/h2-3,6-11,14H,4-5,12H2,1H3,(H,22,26). The first-order chi connectivity index (χ1) is 13.8. The topological polar surface area (TPSA) is 93.9 Å². The summed E-state index contributed by atoms with van der Waals surface area (Å²) in [6.45, 7) is 0.276. The lowest BCUT2D eigenvalue weighted by atomic mass is 10.2. The first kappa shape index (κ1) is 19.8. The van der Waals surface area contributed by atoms with Gasteiger partial charge in [-0.25, -0.2) is 13.1 Å². The number of carbonyl (C=O) groups is 1. The lowest BCUT2D eigenvalue weighted by Gasteiger charge is -2.08. The molecule has 2 aromatic carbocycles. The smallest absolute Gasteiger partial charge is 0.274 e. The van der Waals surface area contributed by atoms with Gasteiger partial charge in [-0.3, -0.25) is 4.79 Å². The minimum Gasteiger partial charge on any atom is -0.347 e. The minimum absolute atomic E-state index is 0.251. The van der Waals surface area contributed by atoms with Crippen molar-refractivity contribution in [3.05, 3.63) is 70.0 Å². The lowest BCUT2D eigenvalue weighted by molar-refractivity contribution is 0.0944. The van der Waals surface area contributed by atoms with E-state index in [2.05, 4.69) is 31.6 Å². The molecule has 1 aliphatic rings. The maximum absolute atomic E-state index is 12.8. The Hall–Kier alpha value is -2.52. The number of benzene rings is 2. The molecule has 29 heavy (non-hydrogen) atoms. The van der Waals surface area contributed by atoms with Crippen LogP contribution in [0.4, 0.5) is 0 Å². The molecule has 0 bridgehead atoms. The van der Waals surface area contributed by atoms with Gasteiger partial charge in [-0.2, -0.15) is 0 Å². The van der Waals surface area contributed by atoms with Gasteiger partial charge in [0.1, 0.15) is 0 Å². The predicted molar refractivity (Wildman–Crippen MR) is 112 cm³/mol. The summed E-state index contributed by atoms with van der Waals surface area (Å²) < 4.78 is 25.8. The molecule has 1 saturated carbocycles. The Balaban J connectivity index is 1.52. The summed E-state index contributed by atoms with van der Waals surface area (Å²) in [5.41, 5.74) is 2.83. The fraction of sp³-hybridized carbons (Fsp3) is 0.250. The maximum Gasteiger partial charge on any atom is 0.274 e. The summed E-state index contributed by atoms with van der Waals surface area (Å²) in [5.74, 6) is -0.00843. The quantitative estimate of drug-likeness (QED) is 0.591. The summed E-state index contributed by atoms with van der Waals surface area (Å²) in [6.07, 6.45) is 3.19. The van der Waals surface area contributed by atoms with Crippen LogP contribution in [-0.4, -0.2) is 35.6 Å². The van der Waals surface area contributed by atoms with Gasteiger partial charge in [0.25, 0.3) is 5.91 Å². The number of carbonyl (C=O) groups excluding carboxylic acids is 1.